The van der Waals surface area contributed by atoms with Gasteiger partial charge >= 0.3 is 6.09 Å². The first-order valence-corrected chi connectivity index (χ1v) is 6.78. The smallest absolute Gasteiger partial charge is 0.408 e. The number of hydrogen-bond acceptors (Lipinski definition) is 3. The number of carbonyl (C=O) groups excluding carboxylic acids is 2. The summed E-state index contributed by atoms with van der Waals surface area (Å²) in [4.78, 5) is 25.9. The van der Waals surface area contributed by atoms with Crippen molar-refractivity contribution in [1.29, 1.82) is 0 Å². The fraction of sp³-hybridized carbons (Fsp3) is 0.714. The van der Waals surface area contributed by atoms with Crippen LogP contribution in [0.15, 0.2) is 12.2 Å². The van der Waals surface area contributed by atoms with Gasteiger partial charge in [-0.2, -0.15) is 0 Å². The highest BCUT2D eigenvalue weighted by Crippen LogP contribution is 2.28. The van der Waals surface area contributed by atoms with E-state index in [1.807, 2.05) is 17.9 Å². The number of nitrogens with one attached hydrogen (secondary N) is 1. The number of nitrogens with zero attached hydrogens (tertiary/aromatic N) is 1. The highest BCUT2D eigenvalue weighted by Gasteiger charge is 2.39. The monoisotopic (exact) mass is 266 g/mol. The molecule has 0 aromatic carbocycles. The zero-order chi connectivity index (χ0) is 14.2. The normalized spacial score (nSPS) is 30.2. The Morgan fingerprint density at radius 3 is 2.68 bits per heavy atom. The van der Waals surface area contributed by atoms with Crippen molar-refractivity contribution in [2.75, 3.05) is 0 Å². The predicted molar refractivity (Wildman–Crippen MR) is 71.6 cm³/mol. The summed E-state index contributed by atoms with van der Waals surface area (Å²) in [6.07, 6.45) is 5.24. The number of hydrogen-bond donors (Lipinski definition) is 1. The molecule has 0 spiro atoms. The molecule has 5 heteroatoms. The molecule has 0 aliphatic carbocycles. The molecule has 0 radical (unpaired) electrons. The van der Waals surface area contributed by atoms with Gasteiger partial charge in [-0.25, -0.2) is 4.79 Å². The number of amides is 2. The van der Waals surface area contributed by atoms with Gasteiger partial charge in [-0.1, -0.05) is 12.2 Å². The van der Waals surface area contributed by atoms with Gasteiger partial charge in [0.2, 0.25) is 5.91 Å². The number of ether oxygens (including phenoxy) is 1. The topological polar surface area (TPSA) is 58.6 Å². The van der Waals surface area contributed by atoms with Crippen LogP contribution in [-0.2, 0) is 9.53 Å². The first kappa shape index (κ1) is 13.9. The summed E-state index contributed by atoms with van der Waals surface area (Å²) < 4.78 is 5.17. The lowest BCUT2D eigenvalue weighted by Gasteiger charge is -2.33. The highest BCUT2D eigenvalue weighted by atomic mass is 16.6. The lowest BCUT2D eigenvalue weighted by atomic mass is 10.1. The summed E-state index contributed by atoms with van der Waals surface area (Å²) in [5.41, 5.74) is -0.561. The minimum atomic E-state index is -0.605. The number of carbonyl (C=O) groups is 2. The molecule has 1 saturated heterocycles. The van der Waals surface area contributed by atoms with Gasteiger partial charge in [0.15, 0.2) is 0 Å². The molecule has 106 valence electrons. The van der Waals surface area contributed by atoms with Gasteiger partial charge in [-0.15, -0.1) is 0 Å². The fourth-order valence-corrected chi connectivity index (χ4v) is 2.61. The molecule has 0 bridgehead atoms. The maximum absolute atomic E-state index is 12.3. The summed E-state index contributed by atoms with van der Waals surface area (Å²) in [6.45, 7) is 7.43. The van der Waals surface area contributed by atoms with E-state index in [-0.39, 0.29) is 18.0 Å². The quantitative estimate of drug-likeness (QED) is 0.737. The van der Waals surface area contributed by atoms with Crippen molar-refractivity contribution >= 4 is 12.0 Å². The molecule has 2 aliphatic heterocycles. The molecule has 1 fully saturated rings. The van der Waals surface area contributed by atoms with E-state index < -0.39 is 17.7 Å². The van der Waals surface area contributed by atoms with E-state index in [0.717, 1.165) is 12.8 Å². The second-order valence-corrected chi connectivity index (χ2v) is 6.25. The maximum atomic E-state index is 12.3. The molecular weight excluding hydrogens is 244 g/mol. The molecule has 2 rings (SSSR count). The number of alkyl carbamates (subject to hydrolysis) is 1. The first-order chi connectivity index (χ1) is 8.78. The van der Waals surface area contributed by atoms with E-state index in [4.69, 9.17) is 4.74 Å². The summed E-state index contributed by atoms with van der Waals surface area (Å²) in [7, 11) is 0. The van der Waals surface area contributed by atoms with Gasteiger partial charge in [-0.05, 0) is 40.5 Å². The zero-order valence-electron chi connectivity index (χ0n) is 12.0. The Kier molecular flexibility index (Phi) is 3.56. The lowest BCUT2D eigenvalue weighted by molar-refractivity contribution is -0.134. The van der Waals surface area contributed by atoms with E-state index >= 15 is 0 Å². The number of fused-ring (bicyclic) bond motifs is 1. The summed E-state index contributed by atoms with van der Waals surface area (Å²) in [6, 6.07) is -0.170. The highest BCUT2D eigenvalue weighted by molar-refractivity contribution is 5.89. The van der Waals surface area contributed by atoms with Crippen molar-refractivity contribution in [1.82, 2.24) is 10.2 Å². The van der Waals surface area contributed by atoms with Crippen LogP contribution in [0.25, 0.3) is 0 Å². The minimum absolute atomic E-state index is 0.0386. The Labute approximate surface area is 114 Å². The van der Waals surface area contributed by atoms with E-state index in [1.165, 1.54) is 0 Å². The van der Waals surface area contributed by atoms with Crippen LogP contribution in [-0.4, -0.2) is 40.6 Å². The molecule has 2 heterocycles. The van der Waals surface area contributed by atoms with Gasteiger partial charge in [0, 0.05) is 6.04 Å². The third-order valence-electron chi connectivity index (χ3n) is 3.43. The minimum Gasteiger partial charge on any atom is -0.444 e. The fourth-order valence-electron chi connectivity index (χ4n) is 2.61. The van der Waals surface area contributed by atoms with Gasteiger partial charge in [0.25, 0.3) is 0 Å². The van der Waals surface area contributed by atoms with Crippen LogP contribution in [0.4, 0.5) is 4.79 Å². The van der Waals surface area contributed by atoms with E-state index in [2.05, 4.69) is 5.32 Å². The SMILES string of the molecule is C[C@@H]1CC[C@@H]2C=C[C@H](NC(=O)OC(C)(C)C)C(=O)N12. The Morgan fingerprint density at radius 1 is 1.37 bits per heavy atom. The van der Waals surface area contributed by atoms with Crippen molar-refractivity contribution in [3.8, 4) is 0 Å². The van der Waals surface area contributed by atoms with Crippen molar-refractivity contribution in [3.63, 3.8) is 0 Å². The third-order valence-corrected chi connectivity index (χ3v) is 3.43. The van der Waals surface area contributed by atoms with Crippen LogP contribution in [0.2, 0.25) is 0 Å². The van der Waals surface area contributed by atoms with Crippen LogP contribution in [0.1, 0.15) is 40.5 Å². The Balaban J connectivity index is 2.00. The van der Waals surface area contributed by atoms with Crippen LogP contribution >= 0.6 is 0 Å². The molecule has 5 nitrogen and oxygen atoms in total. The molecule has 0 saturated carbocycles. The largest absolute Gasteiger partial charge is 0.444 e. The molecule has 0 unspecified atom stereocenters. The Hall–Kier alpha value is -1.52. The van der Waals surface area contributed by atoms with Gasteiger partial charge in [-0.3, -0.25) is 4.79 Å². The predicted octanol–water partition coefficient (Wildman–Crippen LogP) is 1.83. The Morgan fingerprint density at radius 2 is 2.05 bits per heavy atom. The molecule has 0 aromatic rings. The lowest BCUT2D eigenvalue weighted by Crippen LogP contribution is -2.54. The van der Waals surface area contributed by atoms with Crippen LogP contribution in [0, 0.1) is 0 Å². The first-order valence-electron chi connectivity index (χ1n) is 6.78. The standard InChI is InChI=1S/C14H22N2O3/c1-9-5-6-10-7-8-11(12(17)16(9)10)15-13(18)19-14(2,3)4/h7-11H,5-6H2,1-4H3,(H,15,18)/t9-,10-,11+/m1/s1. The molecule has 3 atom stereocenters. The Bertz CT molecular complexity index is 411. The number of rotatable bonds is 1. The molecule has 2 aliphatic rings. The average molecular weight is 266 g/mol. The molecular formula is C14H22N2O3. The van der Waals surface area contributed by atoms with Crippen molar-refractivity contribution in [2.45, 2.75) is 64.3 Å². The van der Waals surface area contributed by atoms with E-state index in [1.54, 1.807) is 26.8 Å². The molecule has 2 amide bonds. The van der Waals surface area contributed by atoms with E-state index in [9.17, 15) is 9.59 Å². The maximum Gasteiger partial charge on any atom is 0.408 e. The van der Waals surface area contributed by atoms with Crippen molar-refractivity contribution < 1.29 is 14.3 Å². The van der Waals surface area contributed by atoms with Crippen LogP contribution < -0.4 is 5.32 Å². The summed E-state index contributed by atoms with van der Waals surface area (Å²) >= 11 is 0. The van der Waals surface area contributed by atoms with Crippen LogP contribution in [0.3, 0.4) is 0 Å². The zero-order valence-corrected chi connectivity index (χ0v) is 12.0. The average Bonchev–Trinajstić information content (AvgIpc) is 2.62. The molecule has 19 heavy (non-hydrogen) atoms. The van der Waals surface area contributed by atoms with Gasteiger partial charge < -0.3 is 15.0 Å². The van der Waals surface area contributed by atoms with Crippen molar-refractivity contribution in [2.24, 2.45) is 0 Å². The third kappa shape index (κ3) is 3.08. The van der Waals surface area contributed by atoms with Gasteiger partial charge in [0.05, 0.1) is 6.04 Å². The van der Waals surface area contributed by atoms with Crippen LogP contribution in [0.5, 0.6) is 0 Å². The molecule has 1 N–H and O–H groups in total. The summed E-state index contributed by atoms with van der Waals surface area (Å²) in [5, 5.41) is 2.62. The second kappa shape index (κ2) is 4.87. The molecule has 0 aromatic heterocycles. The van der Waals surface area contributed by atoms with Crippen molar-refractivity contribution in [3.05, 3.63) is 12.2 Å². The second-order valence-electron chi connectivity index (χ2n) is 6.25. The van der Waals surface area contributed by atoms with E-state index in [0.29, 0.717) is 0 Å². The van der Waals surface area contributed by atoms with Gasteiger partial charge in [0.1, 0.15) is 11.6 Å². The summed E-state index contributed by atoms with van der Waals surface area (Å²) in [5.74, 6) is -0.0386.